The van der Waals surface area contributed by atoms with Crippen molar-refractivity contribution < 1.29 is 18.0 Å². The molecule has 1 spiro atoms. The minimum atomic E-state index is -4.48. The summed E-state index contributed by atoms with van der Waals surface area (Å²) in [6.45, 7) is 1.12. The standard InChI is InChI=1S/C21H17BrF3N3O/c22-15-2-3-16-17(10-15)27-19(29)11-20(16)5-7-28(8-6-20)18-4-1-14(21(23,24)25)9-13(18)12-26/h1-4,9-10H,5-8,11H2,(H,27,29). The molecule has 0 atom stereocenters. The number of piperidine rings is 1. The molecule has 4 nitrogen and oxygen atoms in total. The van der Waals surface area contributed by atoms with E-state index >= 15 is 0 Å². The zero-order valence-corrected chi connectivity index (χ0v) is 16.9. The third kappa shape index (κ3) is 3.60. The van der Waals surface area contributed by atoms with E-state index in [0.29, 0.717) is 38.0 Å². The molecule has 1 amide bonds. The Morgan fingerprint density at radius 2 is 1.86 bits per heavy atom. The Balaban J connectivity index is 1.61. The molecule has 29 heavy (non-hydrogen) atoms. The largest absolute Gasteiger partial charge is 0.416 e. The van der Waals surface area contributed by atoms with Crippen molar-refractivity contribution in [1.82, 2.24) is 0 Å². The number of nitrogens with one attached hydrogen (secondary N) is 1. The maximum absolute atomic E-state index is 13.0. The molecule has 2 heterocycles. The summed E-state index contributed by atoms with van der Waals surface area (Å²) in [4.78, 5) is 14.2. The van der Waals surface area contributed by atoms with Crippen LogP contribution in [0.3, 0.4) is 0 Å². The van der Waals surface area contributed by atoms with Crippen LogP contribution in [0.15, 0.2) is 40.9 Å². The molecular weight excluding hydrogens is 447 g/mol. The summed E-state index contributed by atoms with van der Waals surface area (Å²) >= 11 is 3.43. The Morgan fingerprint density at radius 3 is 2.52 bits per heavy atom. The van der Waals surface area contributed by atoms with Gasteiger partial charge in [0.15, 0.2) is 0 Å². The van der Waals surface area contributed by atoms with Crippen LogP contribution < -0.4 is 10.2 Å². The van der Waals surface area contributed by atoms with E-state index in [1.165, 1.54) is 6.07 Å². The number of amides is 1. The summed E-state index contributed by atoms with van der Waals surface area (Å²) in [7, 11) is 0. The number of rotatable bonds is 1. The van der Waals surface area contributed by atoms with Crippen molar-refractivity contribution in [3.05, 3.63) is 57.6 Å². The zero-order chi connectivity index (χ0) is 20.8. The monoisotopic (exact) mass is 463 g/mol. The van der Waals surface area contributed by atoms with Crippen LogP contribution in [0.2, 0.25) is 0 Å². The van der Waals surface area contributed by atoms with Crippen molar-refractivity contribution in [2.75, 3.05) is 23.3 Å². The highest BCUT2D eigenvalue weighted by Gasteiger charge is 2.43. The number of halogens is 4. The van der Waals surface area contributed by atoms with E-state index in [4.69, 9.17) is 0 Å². The number of anilines is 2. The van der Waals surface area contributed by atoms with Crippen LogP contribution in [-0.2, 0) is 16.4 Å². The molecule has 2 aromatic rings. The van der Waals surface area contributed by atoms with Crippen molar-refractivity contribution in [1.29, 1.82) is 5.26 Å². The number of nitrogens with zero attached hydrogens (tertiary/aromatic N) is 2. The Morgan fingerprint density at radius 1 is 1.14 bits per heavy atom. The molecule has 1 saturated heterocycles. The van der Waals surface area contributed by atoms with Gasteiger partial charge in [-0.15, -0.1) is 0 Å². The van der Waals surface area contributed by atoms with E-state index in [9.17, 15) is 23.2 Å². The lowest BCUT2D eigenvalue weighted by atomic mass is 9.68. The smallest absolute Gasteiger partial charge is 0.370 e. The summed E-state index contributed by atoms with van der Waals surface area (Å²) in [6.07, 6.45) is -2.74. The van der Waals surface area contributed by atoms with Crippen molar-refractivity contribution in [2.24, 2.45) is 0 Å². The molecule has 1 fully saturated rings. The van der Waals surface area contributed by atoms with E-state index in [1.54, 1.807) is 0 Å². The molecule has 8 heteroatoms. The number of benzene rings is 2. The lowest BCUT2D eigenvalue weighted by Gasteiger charge is -2.45. The molecule has 2 aromatic carbocycles. The summed E-state index contributed by atoms with van der Waals surface area (Å²) in [6, 6.07) is 11.1. The first-order valence-corrected chi connectivity index (χ1v) is 9.97. The van der Waals surface area contributed by atoms with E-state index in [-0.39, 0.29) is 16.9 Å². The molecule has 1 N–H and O–H groups in total. The SMILES string of the molecule is N#Cc1cc(C(F)(F)F)ccc1N1CCC2(CC1)CC(=O)Nc1cc(Br)ccc12. The number of alkyl halides is 3. The highest BCUT2D eigenvalue weighted by Crippen LogP contribution is 2.46. The highest BCUT2D eigenvalue weighted by atomic mass is 79.9. The zero-order valence-electron chi connectivity index (χ0n) is 15.3. The number of fused-ring (bicyclic) bond motifs is 2. The van der Waals surface area contributed by atoms with Gasteiger partial charge in [-0.2, -0.15) is 18.4 Å². The van der Waals surface area contributed by atoms with E-state index < -0.39 is 11.7 Å². The van der Waals surface area contributed by atoms with Crippen LogP contribution in [0, 0.1) is 11.3 Å². The van der Waals surface area contributed by atoms with Gasteiger partial charge in [0.2, 0.25) is 5.91 Å². The molecular formula is C21H17BrF3N3O. The predicted molar refractivity (Wildman–Crippen MR) is 107 cm³/mol. The van der Waals surface area contributed by atoms with Crippen LogP contribution in [0.25, 0.3) is 0 Å². The normalized spacial score (nSPS) is 18.2. The van der Waals surface area contributed by atoms with Crippen LogP contribution in [0.5, 0.6) is 0 Å². The topological polar surface area (TPSA) is 56.1 Å². The second-order valence-corrected chi connectivity index (χ2v) is 8.44. The Hall–Kier alpha value is -2.53. The summed E-state index contributed by atoms with van der Waals surface area (Å²) in [5.41, 5.74) is 1.29. The van der Waals surface area contributed by atoms with Crippen molar-refractivity contribution in [3.8, 4) is 6.07 Å². The van der Waals surface area contributed by atoms with Gasteiger partial charge in [-0.05, 0) is 48.7 Å². The number of nitriles is 1. The Kier molecular flexibility index (Phi) is 4.82. The van der Waals surface area contributed by atoms with E-state index in [0.717, 1.165) is 27.9 Å². The minimum Gasteiger partial charge on any atom is -0.370 e. The van der Waals surface area contributed by atoms with Gasteiger partial charge in [0, 0.05) is 35.1 Å². The van der Waals surface area contributed by atoms with Gasteiger partial charge in [-0.3, -0.25) is 4.79 Å². The van der Waals surface area contributed by atoms with E-state index in [1.807, 2.05) is 29.2 Å². The number of carbonyl (C=O) groups excluding carboxylic acids is 1. The quantitative estimate of drug-likeness (QED) is 0.630. The second kappa shape index (κ2) is 7.06. The van der Waals surface area contributed by atoms with Gasteiger partial charge in [-0.25, -0.2) is 0 Å². The molecule has 2 aliphatic heterocycles. The predicted octanol–water partition coefficient (Wildman–Crippen LogP) is 5.22. The molecule has 0 unspecified atom stereocenters. The van der Waals surface area contributed by atoms with Gasteiger partial charge in [-0.1, -0.05) is 22.0 Å². The maximum atomic E-state index is 13.0. The molecule has 4 rings (SSSR count). The third-order valence-corrected chi connectivity index (χ3v) is 6.32. The van der Waals surface area contributed by atoms with E-state index in [2.05, 4.69) is 21.2 Å². The van der Waals surface area contributed by atoms with Crippen LogP contribution in [-0.4, -0.2) is 19.0 Å². The fraction of sp³-hybridized carbons (Fsp3) is 0.333. The first-order valence-electron chi connectivity index (χ1n) is 9.18. The number of carbonyl (C=O) groups is 1. The van der Waals surface area contributed by atoms with Gasteiger partial charge in [0.1, 0.15) is 6.07 Å². The molecule has 150 valence electrons. The van der Waals surface area contributed by atoms with Crippen molar-refractivity contribution in [3.63, 3.8) is 0 Å². The van der Waals surface area contributed by atoms with Gasteiger partial charge >= 0.3 is 6.18 Å². The summed E-state index contributed by atoms with van der Waals surface area (Å²) < 4.78 is 39.8. The van der Waals surface area contributed by atoms with Crippen molar-refractivity contribution in [2.45, 2.75) is 30.9 Å². The Bertz CT molecular complexity index is 1020. The van der Waals surface area contributed by atoms with Gasteiger partial charge in [0.25, 0.3) is 0 Å². The molecule has 0 radical (unpaired) electrons. The first kappa shape index (κ1) is 19.8. The maximum Gasteiger partial charge on any atom is 0.416 e. The molecule has 0 aliphatic carbocycles. The first-order chi connectivity index (χ1) is 13.7. The fourth-order valence-electron chi connectivity index (χ4n) is 4.38. The summed E-state index contributed by atoms with van der Waals surface area (Å²) in [5.74, 6) is -0.0312. The third-order valence-electron chi connectivity index (χ3n) is 5.83. The van der Waals surface area contributed by atoms with Crippen LogP contribution >= 0.6 is 15.9 Å². The lowest BCUT2D eigenvalue weighted by Crippen LogP contribution is -2.47. The van der Waals surface area contributed by atoms with Crippen LogP contribution in [0.4, 0.5) is 24.5 Å². The number of hydrogen-bond donors (Lipinski definition) is 1. The van der Waals surface area contributed by atoms with Crippen molar-refractivity contribution >= 4 is 33.2 Å². The van der Waals surface area contributed by atoms with Crippen LogP contribution in [0.1, 0.15) is 36.0 Å². The molecule has 0 saturated carbocycles. The number of hydrogen-bond acceptors (Lipinski definition) is 3. The molecule has 0 aromatic heterocycles. The van der Waals surface area contributed by atoms with Gasteiger partial charge in [0.05, 0.1) is 16.8 Å². The highest BCUT2D eigenvalue weighted by molar-refractivity contribution is 9.10. The molecule has 2 aliphatic rings. The summed E-state index contributed by atoms with van der Waals surface area (Å²) in [5, 5.41) is 12.3. The average molecular weight is 464 g/mol. The second-order valence-electron chi connectivity index (χ2n) is 7.52. The fourth-order valence-corrected chi connectivity index (χ4v) is 4.74. The van der Waals surface area contributed by atoms with Gasteiger partial charge < -0.3 is 10.2 Å². The lowest BCUT2D eigenvalue weighted by molar-refractivity contribution is -0.137. The average Bonchev–Trinajstić information content (AvgIpc) is 2.67. The molecule has 0 bridgehead atoms. The minimum absolute atomic E-state index is 0.0153. The Labute approximate surface area is 174 Å².